The average Bonchev–Trinajstić information content (AvgIpc) is 3.40. The van der Waals surface area contributed by atoms with E-state index in [9.17, 15) is 18.0 Å². The van der Waals surface area contributed by atoms with Crippen LogP contribution in [0.4, 0.5) is 13.2 Å². The first-order valence-electron chi connectivity index (χ1n) is 9.26. The molecule has 0 spiro atoms. The Labute approximate surface area is 189 Å². The van der Waals surface area contributed by atoms with Crippen LogP contribution < -0.4 is 0 Å². The van der Waals surface area contributed by atoms with Crippen LogP contribution >= 0.6 is 22.9 Å². The molecule has 4 aromatic rings. The van der Waals surface area contributed by atoms with Gasteiger partial charge in [-0.05, 0) is 47.5 Å². The zero-order chi connectivity index (χ0) is 22.9. The molecule has 0 aliphatic rings. The molecule has 2 heterocycles. The minimum atomic E-state index is -4.60. The number of alkyl halides is 3. The van der Waals surface area contributed by atoms with E-state index in [1.807, 2.05) is 18.2 Å². The molecule has 0 amide bonds. The van der Waals surface area contributed by atoms with Crippen molar-refractivity contribution in [2.75, 3.05) is 0 Å². The Morgan fingerprint density at radius 3 is 2.38 bits per heavy atom. The quantitative estimate of drug-likeness (QED) is 0.316. The molecule has 0 unspecified atom stereocenters. The van der Waals surface area contributed by atoms with E-state index in [0.717, 1.165) is 28.1 Å². The smallest absolute Gasteiger partial charge is 0.435 e. The maximum absolute atomic E-state index is 13.4. The van der Waals surface area contributed by atoms with Crippen LogP contribution in [0.5, 0.6) is 0 Å². The van der Waals surface area contributed by atoms with Gasteiger partial charge in [-0.2, -0.15) is 18.3 Å². The zero-order valence-electron chi connectivity index (χ0n) is 16.2. The van der Waals surface area contributed by atoms with Crippen LogP contribution in [-0.2, 0) is 11.0 Å². The van der Waals surface area contributed by atoms with Crippen molar-refractivity contribution in [1.82, 2.24) is 9.78 Å². The van der Waals surface area contributed by atoms with E-state index in [-0.39, 0.29) is 10.7 Å². The van der Waals surface area contributed by atoms with Crippen molar-refractivity contribution in [3.8, 4) is 26.7 Å². The molecule has 0 atom stereocenters. The summed E-state index contributed by atoms with van der Waals surface area (Å²) in [5.74, 6) is -1.04. The van der Waals surface area contributed by atoms with E-state index in [2.05, 4.69) is 5.10 Å². The van der Waals surface area contributed by atoms with Crippen molar-refractivity contribution in [1.29, 1.82) is 0 Å². The predicted molar refractivity (Wildman–Crippen MR) is 119 cm³/mol. The van der Waals surface area contributed by atoms with Gasteiger partial charge in [-0.3, -0.25) is 0 Å². The minimum absolute atomic E-state index is 0.280. The lowest BCUT2D eigenvalue weighted by molar-refractivity contribution is -0.141. The largest absolute Gasteiger partial charge is 0.478 e. The number of thiophene rings is 1. The highest BCUT2D eigenvalue weighted by molar-refractivity contribution is 7.18. The van der Waals surface area contributed by atoms with Gasteiger partial charge in [0.25, 0.3) is 0 Å². The first-order valence-corrected chi connectivity index (χ1v) is 10.5. The third-order valence-corrected chi connectivity index (χ3v) is 6.03. The number of carbonyl (C=O) groups is 1. The minimum Gasteiger partial charge on any atom is -0.478 e. The zero-order valence-corrected chi connectivity index (χ0v) is 17.7. The molecule has 9 heteroatoms. The van der Waals surface area contributed by atoms with Crippen molar-refractivity contribution in [2.45, 2.75) is 6.18 Å². The summed E-state index contributed by atoms with van der Waals surface area (Å²) in [7, 11) is 0. The van der Waals surface area contributed by atoms with Gasteiger partial charge in [-0.1, -0.05) is 48.0 Å². The second kappa shape index (κ2) is 8.64. The van der Waals surface area contributed by atoms with E-state index >= 15 is 0 Å². The van der Waals surface area contributed by atoms with Crippen LogP contribution in [0.15, 0.2) is 72.8 Å². The Bertz CT molecular complexity index is 1310. The van der Waals surface area contributed by atoms with Crippen LogP contribution in [0, 0.1) is 0 Å². The third-order valence-electron chi connectivity index (χ3n) is 4.55. The summed E-state index contributed by atoms with van der Waals surface area (Å²) in [5, 5.41) is 12.8. The number of aliphatic carboxylic acids is 1. The Morgan fingerprint density at radius 2 is 1.72 bits per heavy atom. The highest BCUT2D eigenvalue weighted by Gasteiger charge is 2.35. The number of hydrogen-bond donors (Lipinski definition) is 1. The third kappa shape index (κ3) is 4.61. The lowest BCUT2D eigenvalue weighted by Crippen LogP contribution is -2.07. The van der Waals surface area contributed by atoms with Gasteiger partial charge in [-0.25, -0.2) is 9.48 Å². The summed E-state index contributed by atoms with van der Waals surface area (Å²) in [6.45, 7) is 0. The first kappa shape index (κ1) is 21.9. The van der Waals surface area contributed by atoms with E-state index in [0.29, 0.717) is 10.6 Å². The molecule has 1 N–H and O–H groups in total. The monoisotopic (exact) mass is 474 g/mol. The number of hydrogen-bond acceptors (Lipinski definition) is 3. The van der Waals surface area contributed by atoms with Crippen LogP contribution in [0.25, 0.3) is 32.8 Å². The Hall–Kier alpha value is -3.36. The number of carboxylic acids is 1. The first-order chi connectivity index (χ1) is 15.2. The predicted octanol–water partition coefficient (Wildman–Crippen LogP) is 7.04. The number of carboxylic acid groups (broad SMARTS) is 1. The van der Waals surface area contributed by atoms with Gasteiger partial charge in [0.2, 0.25) is 0 Å². The fraction of sp³-hybridized carbons (Fsp3) is 0.0435. The SMILES string of the molecule is O=C(O)C=Cc1ccc(-c2ccc(-c3cc(C(F)(F)F)nn3-c3ccccc3Cl)s2)cc1. The lowest BCUT2D eigenvalue weighted by Gasteiger charge is -2.08. The fourth-order valence-corrected chi connectivity index (χ4v) is 4.29. The molecule has 162 valence electrons. The summed E-state index contributed by atoms with van der Waals surface area (Å²) >= 11 is 7.54. The van der Waals surface area contributed by atoms with Crippen molar-refractivity contribution in [2.24, 2.45) is 0 Å². The molecule has 4 rings (SSSR count). The molecule has 0 aliphatic heterocycles. The van der Waals surface area contributed by atoms with Crippen molar-refractivity contribution < 1.29 is 23.1 Å². The fourth-order valence-electron chi connectivity index (χ4n) is 3.06. The number of benzene rings is 2. The lowest BCUT2D eigenvalue weighted by atomic mass is 10.1. The van der Waals surface area contributed by atoms with Crippen LogP contribution in [0.1, 0.15) is 11.3 Å². The second-order valence-corrected chi connectivity index (χ2v) is 8.22. The van der Waals surface area contributed by atoms with Gasteiger partial charge in [0.05, 0.1) is 21.3 Å². The molecule has 32 heavy (non-hydrogen) atoms. The van der Waals surface area contributed by atoms with Gasteiger partial charge < -0.3 is 5.11 Å². The van der Waals surface area contributed by atoms with Crippen molar-refractivity contribution in [3.63, 3.8) is 0 Å². The Kier molecular flexibility index (Phi) is 5.90. The summed E-state index contributed by atoms with van der Waals surface area (Å²) in [6, 6.07) is 18.3. The van der Waals surface area contributed by atoms with Gasteiger partial charge in [-0.15, -0.1) is 11.3 Å². The van der Waals surface area contributed by atoms with Gasteiger partial charge in [0.1, 0.15) is 0 Å². The van der Waals surface area contributed by atoms with E-state index in [4.69, 9.17) is 16.7 Å². The van der Waals surface area contributed by atoms with Gasteiger partial charge >= 0.3 is 12.1 Å². The van der Waals surface area contributed by atoms with Crippen LogP contribution in [0.3, 0.4) is 0 Å². The molecule has 2 aromatic carbocycles. The summed E-state index contributed by atoms with van der Waals surface area (Å²) in [6.07, 6.45) is -2.07. The molecule has 0 saturated carbocycles. The maximum Gasteiger partial charge on any atom is 0.435 e. The molecule has 0 bridgehead atoms. The van der Waals surface area contributed by atoms with Crippen molar-refractivity contribution in [3.05, 3.63) is 89.1 Å². The maximum atomic E-state index is 13.4. The molecule has 0 saturated heterocycles. The number of aromatic nitrogens is 2. The number of halogens is 4. The van der Waals surface area contributed by atoms with Crippen LogP contribution in [0.2, 0.25) is 5.02 Å². The number of nitrogens with zero attached hydrogens (tertiary/aromatic N) is 2. The van der Waals surface area contributed by atoms with Crippen LogP contribution in [-0.4, -0.2) is 20.9 Å². The molecule has 0 aliphatic carbocycles. The molecular formula is C23H14ClF3N2O2S. The summed E-state index contributed by atoms with van der Waals surface area (Å²) in [5.41, 5.74) is 1.21. The van der Waals surface area contributed by atoms with E-state index in [1.165, 1.54) is 22.1 Å². The molecule has 0 fully saturated rings. The number of rotatable bonds is 5. The number of para-hydroxylation sites is 1. The molecule has 4 nitrogen and oxygen atoms in total. The normalized spacial score (nSPS) is 11.9. The molecule has 0 radical (unpaired) electrons. The highest BCUT2D eigenvalue weighted by Crippen LogP contribution is 2.39. The molecular weight excluding hydrogens is 461 g/mol. The Balaban J connectivity index is 1.73. The highest BCUT2D eigenvalue weighted by atomic mass is 35.5. The summed E-state index contributed by atoms with van der Waals surface area (Å²) in [4.78, 5) is 12.1. The van der Waals surface area contributed by atoms with E-state index < -0.39 is 17.8 Å². The second-order valence-electron chi connectivity index (χ2n) is 6.73. The van der Waals surface area contributed by atoms with Crippen molar-refractivity contribution >= 4 is 35.0 Å². The van der Waals surface area contributed by atoms with Gasteiger partial charge in [0.15, 0.2) is 5.69 Å². The standard InChI is InChI=1S/C23H14ClF3N2O2S/c24-16-3-1-2-4-17(16)29-18(13-21(28-29)23(25,26)27)20-11-10-19(32-20)15-8-5-14(6-9-15)7-12-22(30)31/h1-13H,(H,30,31). The van der Waals surface area contributed by atoms with E-state index in [1.54, 1.807) is 42.5 Å². The Morgan fingerprint density at radius 1 is 1.03 bits per heavy atom. The average molecular weight is 475 g/mol. The van der Waals surface area contributed by atoms with Gasteiger partial charge in [0, 0.05) is 11.0 Å². The topological polar surface area (TPSA) is 55.1 Å². The summed E-state index contributed by atoms with van der Waals surface area (Å²) < 4.78 is 41.4. The molecule has 2 aromatic heterocycles.